The molecule has 0 bridgehead atoms. The summed E-state index contributed by atoms with van der Waals surface area (Å²) in [6.07, 6.45) is 0.534. The molecule has 1 saturated heterocycles. The number of hydrogen-bond acceptors (Lipinski definition) is 3. The second-order valence-electron chi connectivity index (χ2n) is 2.29. The quantitative estimate of drug-likeness (QED) is 0.544. The van der Waals surface area contributed by atoms with Gasteiger partial charge in [-0.1, -0.05) is 0 Å². The van der Waals surface area contributed by atoms with Crippen molar-refractivity contribution in [1.29, 1.82) is 0 Å². The molecule has 0 unspecified atom stereocenters. The van der Waals surface area contributed by atoms with Crippen LogP contribution in [0.2, 0.25) is 0 Å². The Hall–Kier alpha value is 0.220. The highest BCUT2D eigenvalue weighted by molar-refractivity contribution is 8.45. The molecule has 0 saturated carbocycles. The van der Waals surface area contributed by atoms with Crippen molar-refractivity contribution in [3.8, 4) is 0 Å². The van der Waals surface area contributed by atoms with Gasteiger partial charge in [0, 0.05) is 26.1 Å². The van der Waals surface area contributed by atoms with Crippen molar-refractivity contribution in [3.63, 3.8) is 0 Å². The Labute approximate surface area is 77.1 Å². The summed E-state index contributed by atoms with van der Waals surface area (Å²) >= 11 is 9.93. The Kier molecular flexibility index (Phi) is 3.64. The lowest BCUT2D eigenvalue weighted by atomic mass is 10.4. The summed E-state index contributed by atoms with van der Waals surface area (Å²) in [4.78, 5) is 10.9. The molecule has 3 nitrogen and oxygen atoms in total. The van der Waals surface area contributed by atoms with E-state index in [4.69, 9.17) is 22.4 Å². The van der Waals surface area contributed by atoms with Crippen molar-refractivity contribution in [1.82, 2.24) is 9.62 Å². The van der Waals surface area contributed by atoms with Gasteiger partial charge in [-0.3, -0.25) is 4.79 Å². The Morgan fingerprint density at radius 3 is 2.82 bits per heavy atom. The van der Waals surface area contributed by atoms with Crippen LogP contribution >= 0.6 is 0 Å². The molecule has 0 aromatic carbocycles. The molecule has 1 amide bonds. The van der Waals surface area contributed by atoms with Gasteiger partial charge in [0.15, 0.2) is 0 Å². The van der Waals surface area contributed by atoms with Crippen LogP contribution in [-0.2, 0) is 35.4 Å². The Balaban J connectivity index is 2.53. The molecule has 1 rings (SSSR count). The maximum Gasteiger partial charge on any atom is 0.221 e. The first-order valence-corrected chi connectivity index (χ1v) is 6.68. The van der Waals surface area contributed by atoms with E-state index in [0.29, 0.717) is 13.0 Å². The van der Waals surface area contributed by atoms with Gasteiger partial charge in [0.05, 0.1) is 0 Å². The fourth-order valence-electron chi connectivity index (χ4n) is 0.918. The van der Waals surface area contributed by atoms with Crippen molar-refractivity contribution in [2.75, 3.05) is 19.6 Å². The van der Waals surface area contributed by atoms with E-state index >= 15 is 0 Å². The molecule has 0 aromatic heterocycles. The third kappa shape index (κ3) is 2.98. The van der Waals surface area contributed by atoms with E-state index < -0.39 is 8.20 Å². The average molecular weight is 210 g/mol. The predicted molar refractivity (Wildman–Crippen MR) is 52.7 cm³/mol. The Morgan fingerprint density at radius 1 is 1.45 bits per heavy atom. The number of carbonyl (C=O) groups is 1. The third-order valence-corrected chi connectivity index (χ3v) is 3.77. The van der Waals surface area contributed by atoms with Gasteiger partial charge in [-0.25, -0.2) is 4.31 Å². The second kappa shape index (κ2) is 4.30. The molecule has 0 radical (unpaired) electrons. The molecule has 0 aromatic rings. The lowest BCUT2D eigenvalue weighted by Gasteiger charge is -2.12. The van der Waals surface area contributed by atoms with E-state index in [1.165, 1.54) is 0 Å². The number of thiol groups is 1. The minimum absolute atomic E-state index is 0.106. The highest BCUT2D eigenvalue weighted by Crippen LogP contribution is 1.95. The molecular formula is C5H10N2OS3. The SMILES string of the molecule is O=C1CCN([SH](=S)=S)CCN1. The number of amides is 1. The third-order valence-electron chi connectivity index (χ3n) is 1.52. The van der Waals surface area contributed by atoms with Gasteiger partial charge in [-0.2, -0.15) is 0 Å². The highest BCUT2D eigenvalue weighted by atomic mass is 33.1. The molecule has 0 atom stereocenters. The van der Waals surface area contributed by atoms with Gasteiger partial charge in [0.1, 0.15) is 0 Å². The van der Waals surface area contributed by atoms with Crippen LogP contribution in [0.4, 0.5) is 0 Å². The zero-order valence-corrected chi connectivity index (χ0v) is 8.48. The first-order chi connectivity index (χ1) is 5.20. The second-order valence-corrected chi connectivity index (χ2v) is 6.10. The summed E-state index contributed by atoms with van der Waals surface area (Å²) in [5, 5.41) is 2.77. The first kappa shape index (κ1) is 9.31. The first-order valence-electron chi connectivity index (χ1n) is 3.36. The van der Waals surface area contributed by atoms with Crippen LogP contribution in [-0.4, -0.2) is 29.8 Å². The number of nitrogens with zero attached hydrogens (tertiary/aromatic N) is 1. The smallest absolute Gasteiger partial charge is 0.221 e. The van der Waals surface area contributed by atoms with Gasteiger partial charge in [-0.05, 0) is 30.6 Å². The topological polar surface area (TPSA) is 32.3 Å². The number of hydrogen-bond donors (Lipinski definition) is 2. The summed E-state index contributed by atoms with van der Waals surface area (Å²) < 4.78 is 2.01. The van der Waals surface area contributed by atoms with Gasteiger partial charge in [0.25, 0.3) is 0 Å². The molecule has 1 fully saturated rings. The molecular weight excluding hydrogens is 200 g/mol. The van der Waals surface area contributed by atoms with E-state index in [2.05, 4.69) is 5.32 Å². The van der Waals surface area contributed by atoms with Crippen LogP contribution in [0.15, 0.2) is 0 Å². The predicted octanol–water partition coefficient (Wildman–Crippen LogP) is -1.00. The van der Waals surface area contributed by atoms with Gasteiger partial charge < -0.3 is 5.32 Å². The number of rotatable bonds is 1. The fourth-order valence-corrected chi connectivity index (χ4v) is 2.42. The normalized spacial score (nSPS) is 21.4. The zero-order chi connectivity index (χ0) is 8.27. The molecule has 11 heavy (non-hydrogen) atoms. The van der Waals surface area contributed by atoms with Gasteiger partial charge in [0.2, 0.25) is 5.91 Å². The molecule has 0 aliphatic carbocycles. The molecule has 64 valence electrons. The van der Waals surface area contributed by atoms with Crippen LogP contribution in [0, 0.1) is 0 Å². The average Bonchev–Trinajstić information content (AvgIpc) is 2.13. The van der Waals surface area contributed by atoms with Gasteiger partial charge >= 0.3 is 0 Å². The van der Waals surface area contributed by atoms with Crippen LogP contribution < -0.4 is 5.32 Å². The van der Waals surface area contributed by atoms with E-state index in [1.54, 1.807) is 0 Å². The molecule has 1 aliphatic rings. The molecule has 0 spiro atoms. The van der Waals surface area contributed by atoms with Crippen LogP contribution in [0.1, 0.15) is 6.42 Å². The van der Waals surface area contributed by atoms with Crippen molar-refractivity contribution < 1.29 is 4.79 Å². The lowest BCUT2D eigenvalue weighted by Crippen LogP contribution is -2.26. The summed E-state index contributed by atoms with van der Waals surface area (Å²) in [5.74, 6) is 0.106. The molecule has 1 N–H and O–H groups in total. The van der Waals surface area contributed by atoms with Crippen molar-refractivity contribution in [2.24, 2.45) is 0 Å². The van der Waals surface area contributed by atoms with Crippen LogP contribution in [0.3, 0.4) is 0 Å². The highest BCUT2D eigenvalue weighted by Gasteiger charge is 2.11. The van der Waals surface area contributed by atoms with Crippen molar-refractivity contribution >= 4 is 36.5 Å². The largest absolute Gasteiger partial charge is 0.355 e. The maximum absolute atomic E-state index is 10.9. The van der Waals surface area contributed by atoms with Crippen LogP contribution in [0.25, 0.3) is 0 Å². The molecule has 1 aliphatic heterocycles. The van der Waals surface area contributed by atoms with E-state index in [0.717, 1.165) is 13.1 Å². The molecule has 1 heterocycles. The summed E-state index contributed by atoms with van der Waals surface area (Å²) in [7, 11) is -0.847. The van der Waals surface area contributed by atoms with Crippen LogP contribution in [0.5, 0.6) is 0 Å². The van der Waals surface area contributed by atoms with E-state index in [-0.39, 0.29) is 5.91 Å². The fraction of sp³-hybridized carbons (Fsp3) is 0.800. The monoisotopic (exact) mass is 210 g/mol. The standard InChI is InChI=1S/C5H10N2OS3/c8-5-1-3-7(11(9)10)4-2-6-5/h11H,1-4H2,(H,6,8). The Morgan fingerprint density at radius 2 is 2.18 bits per heavy atom. The summed E-state index contributed by atoms with van der Waals surface area (Å²) in [5.41, 5.74) is 0. The number of carbonyl (C=O) groups excluding carboxylic acids is 1. The van der Waals surface area contributed by atoms with Crippen molar-refractivity contribution in [2.45, 2.75) is 6.42 Å². The van der Waals surface area contributed by atoms with Crippen molar-refractivity contribution in [3.05, 3.63) is 0 Å². The maximum atomic E-state index is 10.9. The van der Waals surface area contributed by atoms with E-state index in [9.17, 15) is 4.79 Å². The minimum Gasteiger partial charge on any atom is -0.355 e. The Bertz CT molecular complexity index is 218. The zero-order valence-electron chi connectivity index (χ0n) is 5.95. The molecule has 6 heteroatoms. The van der Waals surface area contributed by atoms with Gasteiger partial charge in [-0.15, -0.1) is 0 Å². The summed E-state index contributed by atoms with van der Waals surface area (Å²) in [6.45, 7) is 2.22. The minimum atomic E-state index is -0.847. The van der Waals surface area contributed by atoms with E-state index in [1.807, 2.05) is 4.31 Å². The lowest BCUT2D eigenvalue weighted by molar-refractivity contribution is -0.120. The summed E-state index contributed by atoms with van der Waals surface area (Å²) in [6, 6.07) is 0. The number of nitrogens with one attached hydrogen (secondary N) is 1.